The lowest BCUT2D eigenvalue weighted by molar-refractivity contribution is 0.0950. The van der Waals surface area contributed by atoms with Gasteiger partial charge in [0.15, 0.2) is 0 Å². The van der Waals surface area contributed by atoms with Gasteiger partial charge in [-0.3, -0.25) is 9.59 Å². The van der Waals surface area contributed by atoms with Gasteiger partial charge in [0.2, 0.25) is 0 Å². The van der Waals surface area contributed by atoms with Crippen LogP contribution in [0, 0.1) is 26.7 Å². The van der Waals surface area contributed by atoms with Crippen LogP contribution in [0.1, 0.15) is 71.8 Å². The van der Waals surface area contributed by atoms with E-state index in [1.165, 1.54) is 25.7 Å². The third kappa shape index (κ3) is 5.45. The molecule has 1 amide bonds. The SMILES string of the molecule is Cc1cc(C)c(CNC(=O)c2cc(Cl)cc(NC(C)CC3CCCC3)c2C)c(=O)[nH]1. The fourth-order valence-corrected chi connectivity index (χ4v) is 4.72. The molecule has 1 heterocycles. The van der Waals surface area contributed by atoms with Crippen molar-refractivity contribution in [2.75, 3.05) is 5.32 Å². The molecule has 1 atom stereocenters. The second-order valence-corrected chi connectivity index (χ2v) is 9.12. The predicted octanol–water partition coefficient (Wildman–Crippen LogP) is 5.26. The van der Waals surface area contributed by atoms with Crippen LogP contribution in [0.15, 0.2) is 23.0 Å². The van der Waals surface area contributed by atoms with E-state index in [4.69, 9.17) is 11.6 Å². The van der Waals surface area contributed by atoms with Gasteiger partial charge in [-0.05, 0) is 69.4 Å². The van der Waals surface area contributed by atoms with Gasteiger partial charge >= 0.3 is 0 Å². The molecule has 1 aliphatic carbocycles. The number of pyridine rings is 1. The van der Waals surface area contributed by atoms with Crippen molar-refractivity contribution in [1.29, 1.82) is 0 Å². The average Bonchev–Trinajstić information content (AvgIpc) is 3.16. The number of aromatic nitrogens is 1. The minimum Gasteiger partial charge on any atom is -0.382 e. The number of hydrogen-bond donors (Lipinski definition) is 3. The maximum absolute atomic E-state index is 12.9. The van der Waals surface area contributed by atoms with E-state index in [9.17, 15) is 9.59 Å². The first-order valence-corrected chi connectivity index (χ1v) is 11.2. The van der Waals surface area contributed by atoms with Gasteiger partial charge in [0.1, 0.15) is 0 Å². The van der Waals surface area contributed by atoms with Crippen LogP contribution in [-0.4, -0.2) is 16.9 Å². The minimum absolute atomic E-state index is 0.168. The third-order valence-electron chi connectivity index (χ3n) is 6.10. The first-order valence-electron chi connectivity index (χ1n) is 10.8. The van der Waals surface area contributed by atoms with Gasteiger partial charge < -0.3 is 15.6 Å². The second-order valence-electron chi connectivity index (χ2n) is 8.68. The van der Waals surface area contributed by atoms with Crippen molar-refractivity contribution in [3.05, 3.63) is 61.5 Å². The summed E-state index contributed by atoms with van der Waals surface area (Å²) in [7, 11) is 0. The van der Waals surface area contributed by atoms with E-state index in [2.05, 4.69) is 22.5 Å². The highest BCUT2D eigenvalue weighted by Gasteiger charge is 2.20. The van der Waals surface area contributed by atoms with E-state index in [0.717, 1.165) is 34.8 Å². The Morgan fingerprint density at radius 1 is 1.20 bits per heavy atom. The first kappa shape index (κ1) is 22.4. The molecule has 162 valence electrons. The Balaban J connectivity index is 1.72. The lowest BCUT2D eigenvalue weighted by Crippen LogP contribution is -2.28. The lowest BCUT2D eigenvalue weighted by Gasteiger charge is -2.21. The van der Waals surface area contributed by atoms with Crippen LogP contribution in [0.2, 0.25) is 5.02 Å². The molecule has 2 aromatic rings. The molecule has 1 fully saturated rings. The predicted molar refractivity (Wildman–Crippen MR) is 124 cm³/mol. The monoisotopic (exact) mass is 429 g/mol. The second kappa shape index (κ2) is 9.69. The number of amides is 1. The van der Waals surface area contributed by atoms with E-state index < -0.39 is 0 Å². The number of aromatic amines is 1. The molecule has 1 saturated carbocycles. The molecule has 1 aliphatic rings. The number of benzene rings is 1. The summed E-state index contributed by atoms with van der Waals surface area (Å²) < 4.78 is 0. The van der Waals surface area contributed by atoms with Crippen LogP contribution in [-0.2, 0) is 6.54 Å². The molecule has 1 aromatic carbocycles. The number of aryl methyl sites for hydroxylation is 2. The summed E-state index contributed by atoms with van der Waals surface area (Å²) in [6.07, 6.45) is 6.42. The van der Waals surface area contributed by atoms with Crippen molar-refractivity contribution >= 4 is 23.2 Å². The molecule has 0 saturated heterocycles. The van der Waals surface area contributed by atoms with E-state index in [1.807, 2.05) is 32.9 Å². The Kier molecular flexibility index (Phi) is 7.24. The Labute approximate surface area is 183 Å². The van der Waals surface area contributed by atoms with Crippen molar-refractivity contribution in [2.45, 2.75) is 72.4 Å². The van der Waals surface area contributed by atoms with Gasteiger partial charge in [-0.15, -0.1) is 0 Å². The number of anilines is 1. The highest BCUT2D eigenvalue weighted by atomic mass is 35.5. The van der Waals surface area contributed by atoms with Crippen LogP contribution in [0.25, 0.3) is 0 Å². The molecule has 0 bridgehead atoms. The molecule has 3 N–H and O–H groups in total. The molecular weight excluding hydrogens is 398 g/mol. The highest BCUT2D eigenvalue weighted by Crippen LogP contribution is 2.31. The molecular formula is C24H32ClN3O2. The number of H-pyrrole nitrogens is 1. The number of carbonyl (C=O) groups excluding carboxylic acids is 1. The minimum atomic E-state index is -0.235. The van der Waals surface area contributed by atoms with E-state index >= 15 is 0 Å². The largest absolute Gasteiger partial charge is 0.382 e. The normalized spacial score (nSPS) is 15.2. The number of carbonyl (C=O) groups is 1. The summed E-state index contributed by atoms with van der Waals surface area (Å²) in [4.78, 5) is 27.9. The van der Waals surface area contributed by atoms with E-state index in [0.29, 0.717) is 22.2 Å². The van der Waals surface area contributed by atoms with Crippen LogP contribution >= 0.6 is 11.6 Å². The summed E-state index contributed by atoms with van der Waals surface area (Å²) in [5.41, 5.74) is 4.35. The zero-order chi connectivity index (χ0) is 21.8. The van der Waals surface area contributed by atoms with Crippen LogP contribution in [0.3, 0.4) is 0 Å². The van der Waals surface area contributed by atoms with Gasteiger partial charge in [-0.1, -0.05) is 37.3 Å². The molecule has 30 heavy (non-hydrogen) atoms. The molecule has 0 aliphatic heterocycles. The van der Waals surface area contributed by atoms with Crippen molar-refractivity contribution in [1.82, 2.24) is 10.3 Å². The Morgan fingerprint density at radius 2 is 1.90 bits per heavy atom. The topological polar surface area (TPSA) is 74.0 Å². The standard InChI is InChI=1S/C24H32ClN3O2/c1-14-9-15(2)28-24(30)21(14)13-26-23(29)20-11-19(25)12-22(17(20)4)27-16(3)10-18-7-5-6-8-18/h9,11-12,16,18,27H,5-8,10,13H2,1-4H3,(H,26,29)(H,28,30). The van der Waals surface area contributed by atoms with Crippen LogP contribution < -0.4 is 16.2 Å². The zero-order valence-electron chi connectivity index (χ0n) is 18.3. The van der Waals surface area contributed by atoms with Gasteiger partial charge in [0, 0.05) is 40.1 Å². The summed E-state index contributed by atoms with van der Waals surface area (Å²) in [6.45, 7) is 8.01. The molecule has 0 radical (unpaired) electrons. The van der Waals surface area contributed by atoms with Crippen molar-refractivity contribution < 1.29 is 4.79 Å². The number of halogens is 1. The van der Waals surface area contributed by atoms with Gasteiger partial charge in [-0.25, -0.2) is 0 Å². The maximum Gasteiger partial charge on any atom is 0.253 e. The fourth-order valence-electron chi connectivity index (χ4n) is 4.50. The van der Waals surface area contributed by atoms with Crippen molar-refractivity contribution in [2.24, 2.45) is 5.92 Å². The zero-order valence-corrected chi connectivity index (χ0v) is 19.1. The number of rotatable bonds is 7. The Hall–Kier alpha value is -2.27. The van der Waals surface area contributed by atoms with Gasteiger partial charge in [-0.2, -0.15) is 0 Å². The molecule has 0 spiro atoms. The molecule has 1 aromatic heterocycles. The number of nitrogens with one attached hydrogen (secondary N) is 3. The van der Waals surface area contributed by atoms with Crippen molar-refractivity contribution in [3.8, 4) is 0 Å². The fraction of sp³-hybridized carbons (Fsp3) is 0.500. The summed E-state index contributed by atoms with van der Waals surface area (Å²) in [5.74, 6) is 0.548. The smallest absolute Gasteiger partial charge is 0.253 e. The molecule has 6 heteroatoms. The average molecular weight is 430 g/mol. The summed E-state index contributed by atoms with van der Waals surface area (Å²) in [6, 6.07) is 5.79. The molecule has 5 nitrogen and oxygen atoms in total. The van der Waals surface area contributed by atoms with Crippen molar-refractivity contribution in [3.63, 3.8) is 0 Å². The van der Waals surface area contributed by atoms with Gasteiger partial charge in [0.25, 0.3) is 11.5 Å². The summed E-state index contributed by atoms with van der Waals surface area (Å²) >= 11 is 6.33. The maximum atomic E-state index is 12.9. The third-order valence-corrected chi connectivity index (χ3v) is 6.32. The van der Waals surface area contributed by atoms with Gasteiger partial charge in [0.05, 0.1) is 0 Å². The first-order chi connectivity index (χ1) is 14.2. The van der Waals surface area contributed by atoms with Crippen LogP contribution in [0.5, 0.6) is 0 Å². The van der Waals surface area contributed by atoms with Crippen LogP contribution in [0.4, 0.5) is 5.69 Å². The number of hydrogen-bond acceptors (Lipinski definition) is 3. The van der Waals surface area contributed by atoms with E-state index in [1.54, 1.807) is 6.07 Å². The Bertz CT molecular complexity index is 977. The Morgan fingerprint density at radius 3 is 2.57 bits per heavy atom. The highest BCUT2D eigenvalue weighted by molar-refractivity contribution is 6.31. The summed E-state index contributed by atoms with van der Waals surface area (Å²) in [5, 5.41) is 6.95. The lowest BCUT2D eigenvalue weighted by atomic mass is 9.98. The quantitative estimate of drug-likeness (QED) is 0.561. The molecule has 3 rings (SSSR count). The molecule has 1 unspecified atom stereocenters. The van der Waals surface area contributed by atoms with E-state index in [-0.39, 0.29) is 18.0 Å².